The van der Waals surface area contributed by atoms with Crippen LogP contribution in [0.4, 0.5) is 5.69 Å². The van der Waals surface area contributed by atoms with Crippen LogP contribution in [0.3, 0.4) is 0 Å². The molecule has 0 aliphatic heterocycles. The molecule has 0 spiro atoms. The van der Waals surface area contributed by atoms with E-state index >= 15 is 0 Å². The van der Waals surface area contributed by atoms with E-state index in [9.17, 15) is 8.42 Å². The van der Waals surface area contributed by atoms with Crippen LogP contribution in [0.1, 0.15) is 6.42 Å². The highest BCUT2D eigenvalue weighted by molar-refractivity contribution is 7.99. The van der Waals surface area contributed by atoms with Gasteiger partial charge >= 0.3 is 0 Å². The van der Waals surface area contributed by atoms with Crippen LogP contribution in [0.25, 0.3) is 0 Å². The second-order valence-electron chi connectivity index (χ2n) is 4.17. The standard InChI is InChI=1S/C15H14N2O2S2/c16-11-6-12-20-15-10-5-4-9-14(15)17-21(18,19)13-7-2-1-3-8-13/h1-5,7-10,17H,6,12H2. The molecule has 6 heteroatoms. The molecule has 4 nitrogen and oxygen atoms in total. The van der Waals surface area contributed by atoms with Gasteiger partial charge < -0.3 is 0 Å². The number of anilines is 1. The van der Waals surface area contributed by atoms with Crippen molar-refractivity contribution in [3.05, 3.63) is 54.6 Å². The van der Waals surface area contributed by atoms with Gasteiger partial charge in [-0.3, -0.25) is 4.72 Å². The van der Waals surface area contributed by atoms with E-state index in [0.717, 1.165) is 4.90 Å². The van der Waals surface area contributed by atoms with Crippen LogP contribution >= 0.6 is 11.8 Å². The average Bonchev–Trinajstić information content (AvgIpc) is 2.50. The summed E-state index contributed by atoms with van der Waals surface area (Å²) in [6, 6.07) is 17.5. The number of para-hydroxylation sites is 1. The maximum absolute atomic E-state index is 12.3. The Kier molecular flexibility index (Phi) is 5.26. The molecule has 0 saturated heterocycles. The Morgan fingerprint density at radius 3 is 2.43 bits per heavy atom. The molecule has 0 atom stereocenters. The highest BCUT2D eigenvalue weighted by atomic mass is 32.2. The van der Waals surface area contributed by atoms with Gasteiger partial charge in [-0.2, -0.15) is 5.26 Å². The monoisotopic (exact) mass is 318 g/mol. The van der Waals surface area contributed by atoms with Crippen LogP contribution in [-0.2, 0) is 10.0 Å². The second-order valence-corrected chi connectivity index (χ2v) is 6.99. The molecule has 0 aromatic heterocycles. The Labute approximate surface area is 128 Å². The van der Waals surface area contributed by atoms with E-state index in [4.69, 9.17) is 5.26 Å². The molecule has 2 aromatic carbocycles. The molecule has 0 aliphatic rings. The third-order valence-electron chi connectivity index (χ3n) is 2.66. The van der Waals surface area contributed by atoms with Crippen LogP contribution in [0.2, 0.25) is 0 Å². The Morgan fingerprint density at radius 2 is 1.71 bits per heavy atom. The molecule has 1 N–H and O–H groups in total. The van der Waals surface area contributed by atoms with Crippen molar-refractivity contribution >= 4 is 27.5 Å². The molecule has 0 unspecified atom stereocenters. The number of rotatable bonds is 6. The van der Waals surface area contributed by atoms with Gasteiger partial charge in [0.1, 0.15) is 0 Å². The molecular formula is C15H14N2O2S2. The molecule has 0 fully saturated rings. The molecule has 0 heterocycles. The van der Waals surface area contributed by atoms with Crippen molar-refractivity contribution in [3.63, 3.8) is 0 Å². The third kappa shape index (κ3) is 4.25. The molecule has 108 valence electrons. The normalized spacial score (nSPS) is 10.8. The summed E-state index contributed by atoms with van der Waals surface area (Å²) in [5.41, 5.74) is 0.532. The SMILES string of the molecule is N#CCCSc1ccccc1NS(=O)(=O)c1ccccc1. The number of benzene rings is 2. The molecule has 0 aliphatic carbocycles. The first-order valence-electron chi connectivity index (χ1n) is 6.30. The predicted molar refractivity (Wildman–Crippen MR) is 84.6 cm³/mol. The number of nitriles is 1. The Bertz CT molecular complexity index is 738. The summed E-state index contributed by atoms with van der Waals surface area (Å²) >= 11 is 1.46. The minimum Gasteiger partial charge on any atom is -0.278 e. The summed E-state index contributed by atoms with van der Waals surface area (Å²) in [5.74, 6) is 0.626. The first kappa shape index (κ1) is 15.4. The topological polar surface area (TPSA) is 70.0 Å². The van der Waals surface area contributed by atoms with E-state index < -0.39 is 10.0 Å². The number of nitrogens with zero attached hydrogens (tertiary/aromatic N) is 1. The van der Waals surface area contributed by atoms with Crippen LogP contribution in [0.15, 0.2) is 64.4 Å². The van der Waals surface area contributed by atoms with E-state index in [2.05, 4.69) is 10.8 Å². The van der Waals surface area contributed by atoms with Gasteiger partial charge in [-0.1, -0.05) is 30.3 Å². The van der Waals surface area contributed by atoms with Crippen molar-refractivity contribution in [2.75, 3.05) is 10.5 Å². The van der Waals surface area contributed by atoms with E-state index in [-0.39, 0.29) is 4.90 Å². The van der Waals surface area contributed by atoms with Gasteiger partial charge in [0.2, 0.25) is 0 Å². The Morgan fingerprint density at radius 1 is 1.05 bits per heavy atom. The first-order valence-corrected chi connectivity index (χ1v) is 8.77. The van der Waals surface area contributed by atoms with E-state index in [1.807, 2.05) is 12.1 Å². The van der Waals surface area contributed by atoms with Crippen molar-refractivity contribution in [1.82, 2.24) is 0 Å². The van der Waals surface area contributed by atoms with Gasteiger partial charge in [-0.25, -0.2) is 8.42 Å². The molecule has 0 saturated carbocycles. The molecule has 2 aromatic rings. The van der Waals surface area contributed by atoms with Crippen molar-refractivity contribution in [3.8, 4) is 6.07 Å². The van der Waals surface area contributed by atoms with Gasteiger partial charge in [0.05, 0.1) is 16.7 Å². The van der Waals surface area contributed by atoms with E-state index in [0.29, 0.717) is 17.9 Å². The van der Waals surface area contributed by atoms with E-state index in [1.165, 1.54) is 11.8 Å². The van der Waals surface area contributed by atoms with Gasteiger partial charge in [-0.05, 0) is 24.3 Å². The molecule has 0 amide bonds. The zero-order chi connectivity index (χ0) is 15.1. The van der Waals surface area contributed by atoms with Crippen molar-refractivity contribution in [1.29, 1.82) is 5.26 Å². The van der Waals surface area contributed by atoms with Crippen LogP contribution in [-0.4, -0.2) is 14.2 Å². The summed E-state index contributed by atoms with van der Waals surface area (Å²) in [7, 11) is -3.59. The zero-order valence-corrected chi connectivity index (χ0v) is 12.8. The van der Waals surface area contributed by atoms with Crippen molar-refractivity contribution < 1.29 is 8.42 Å². The first-order chi connectivity index (χ1) is 10.1. The lowest BCUT2D eigenvalue weighted by Crippen LogP contribution is -2.13. The fraction of sp³-hybridized carbons (Fsp3) is 0.133. The average molecular weight is 318 g/mol. The Balaban J connectivity index is 2.22. The van der Waals surface area contributed by atoms with Crippen molar-refractivity contribution in [2.45, 2.75) is 16.2 Å². The summed E-state index contributed by atoms with van der Waals surface area (Å²) in [4.78, 5) is 1.04. The molecular weight excluding hydrogens is 304 g/mol. The highest BCUT2D eigenvalue weighted by Gasteiger charge is 2.15. The fourth-order valence-corrected chi connectivity index (χ4v) is 3.71. The van der Waals surface area contributed by atoms with Gasteiger partial charge in [0.25, 0.3) is 10.0 Å². The molecule has 21 heavy (non-hydrogen) atoms. The quantitative estimate of drug-likeness (QED) is 0.654. The molecule has 0 radical (unpaired) electrons. The van der Waals surface area contributed by atoms with Gasteiger partial charge in [-0.15, -0.1) is 11.8 Å². The summed E-state index contributed by atoms with van der Waals surface area (Å²) in [6.45, 7) is 0. The lowest BCUT2D eigenvalue weighted by molar-refractivity contribution is 0.601. The highest BCUT2D eigenvalue weighted by Crippen LogP contribution is 2.29. The second kappa shape index (κ2) is 7.16. The lowest BCUT2D eigenvalue weighted by atomic mass is 10.3. The smallest absolute Gasteiger partial charge is 0.261 e. The van der Waals surface area contributed by atoms with Crippen LogP contribution in [0, 0.1) is 11.3 Å². The fourth-order valence-electron chi connectivity index (χ4n) is 1.69. The number of hydrogen-bond donors (Lipinski definition) is 1. The Hall–Kier alpha value is -1.97. The van der Waals surface area contributed by atoms with E-state index in [1.54, 1.807) is 42.5 Å². The van der Waals surface area contributed by atoms with Crippen LogP contribution < -0.4 is 4.72 Å². The molecule has 0 bridgehead atoms. The largest absolute Gasteiger partial charge is 0.278 e. The summed E-state index contributed by atoms with van der Waals surface area (Å²) in [5, 5.41) is 8.57. The molecule has 2 rings (SSSR count). The number of hydrogen-bond acceptors (Lipinski definition) is 4. The van der Waals surface area contributed by atoms with Crippen molar-refractivity contribution in [2.24, 2.45) is 0 Å². The summed E-state index contributed by atoms with van der Waals surface area (Å²) in [6.07, 6.45) is 0.421. The number of sulfonamides is 1. The third-order valence-corrected chi connectivity index (χ3v) is 5.11. The predicted octanol–water partition coefficient (Wildman–Crippen LogP) is 3.49. The lowest BCUT2D eigenvalue weighted by Gasteiger charge is -2.11. The number of thioether (sulfide) groups is 1. The number of nitrogens with one attached hydrogen (secondary N) is 1. The summed E-state index contributed by atoms with van der Waals surface area (Å²) < 4.78 is 27.2. The van der Waals surface area contributed by atoms with Crippen LogP contribution in [0.5, 0.6) is 0 Å². The van der Waals surface area contributed by atoms with Gasteiger partial charge in [0.15, 0.2) is 0 Å². The minimum absolute atomic E-state index is 0.224. The zero-order valence-electron chi connectivity index (χ0n) is 11.2. The maximum atomic E-state index is 12.3. The minimum atomic E-state index is -3.59. The maximum Gasteiger partial charge on any atom is 0.261 e. The van der Waals surface area contributed by atoms with Gasteiger partial charge in [0, 0.05) is 17.1 Å².